The molecule has 280 valence electrons. The first-order chi connectivity index (χ1) is 25.1. The molecule has 3 aromatic carbocycles. The summed E-state index contributed by atoms with van der Waals surface area (Å²) in [4.78, 5) is 38.4. The van der Waals surface area contributed by atoms with Crippen LogP contribution in [-0.4, -0.2) is 57.0 Å². The van der Waals surface area contributed by atoms with Crippen LogP contribution in [0.3, 0.4) is 0 Å². The molecule has 0 N–H and O–H groups in total. The summed E-state index contributed by atoms with van der Waals surface area (Å²) in [5, 5.41) is 0. The fraction of sp³-hybridized carbons (Fsp3) is 0.512. The molecule has 3 aromatic rings. The summed E-state index contributed by atoms with van der Waals surface area (Å²) in [5.41, 5.74) is 1.33. The number of carbonyl (C=O) groups excluding carboxylic acids is 3. The van der Waals surface area contributed by atoms with E-state index in [2.05, 4.69) is 27.7 Å². The number of esters is 3. The fourth-order valence-electron chi connectivity index (χ4n) is 6.71. The van der Waals surface area contributed by atoms with E-state index < -0.39 is 11.9 Å². The average molecular weight is 715 g/mol. The van der Waals surface area contributed by atoms with Crippen LogP contribution < -0.4 is 14.2 Å². The zero-order chi connectivity index (χ0) is 36.9. The van der Waals surface area contributed by atoms with E-state index in [4.69, 9.17) is 28.4 Å². The minimum Gasteiger partial charge on any atom is -0.494 e. The van der Waals surface area contributed by atoms with Gasteiger partial charge in [0.25, 0.3) is 0 Å². The Hall–Kier alpha value is -4.21. The molecule has 0 amide bonds. The molecule has 2 aliphatic rings. The Kier molecular flexibility index (Phi) is 14.3. The van der Waals surface area contributed by atoms with E-state index in [0.29, 0.717) is 52.7 Å². The van der Waals surface area contributed by atoms with Gasteiger partial charge >= 0.3 is 17.9 Å². The fourth-order valence-corrected chi connectivity index (χ4v) is 6.71. The largest absolute Gasteiger partial charge is 0.494 e. The van der Waals surface area contributed by atoms with Gasteiger partial charge in [-0.25, -0.2) is 14.4 Å². The molecule has 2 fully saturated rings. The Bertz CT molecular complexity index is 1570. The predicted molar refractivity (Wildman–Crippen MR) is 198 cm³/mol. The van der Waals surface area contributed by atoms with Gasteiger partial charge in [-0.05, 0) is 129 Å². The van der Waals surface area contributed by atoms with E-state index in [1.807, 2.05) is 0 Å². The van der Waals surface area contributed by atoms with Gasteiger partial charge in [-0.2, -0.15) is 0 Å². The molecule has 0 spiro atoms. The molecule has 1 saturated heterocycles. The van der Waals surface area contributed by atoms with Crippen LogP contribution >= 0.6 is 0 Å². The highest BCUT2D eigenvalue weighted by molar-refractivity contribution is 5.93. The molecule has 0 radical (unpaired) electrons. The Morgan fingerprint density at radius 1 is 0.712 bits per heavy atom. The molecule has 1 aliphatic heterocycles. The smallest absolute Gasteiger partial charge is 0.343 e. The van der Waals surface area contributed by atoms with Gasteiger partial charge in [0.15, 0.2) is 0 Å². The highest BCUT2D eigenvalue weighted by atomic mass is 16.5. The van der Waals surface area contributed by atoms with Gasteiger partial charge in [-0.1, -0.05) is 40.5 Å². The molecule has 9 heteroatoms. The molecule has 9 nitrogen and oxygen atoms in total. The molecule has 3 atom stereocenters. The molecular weight excluding hydrogens is 660 g/mol. The van der Waals surface area contributed by atoms with Crippen molar-refractivity contribution in [2.45, 2.75) is 85.2 Å². The van der Waals surface area contributed by atoms with Crippen molar-refractivity contribution in [3.8, 4) is 17.2 Å². The number of unbranched alkanes of at least 4 members (excludes halogenated alkanes) is 3. The summed E-state index contributed by atoms with van der Waals surface area (Å²) < 4.78 is 34.0. The lowest BCUT2D eigenvalue weighted by Crippen LogP contribution is -2.45. The normalized spacial score (nSPS) is 19.4. The maximum Gasteiger partial charge on any atom is 0.343 e. The number of hydrogen-bond donors (Lipinski definition) is 0. The van der Waals surface area contributed by atoms with Crippen molar-refractivity contribution in [1.29, 1.82) is 0 Å². The summed E-state index contributed by atoms with van der Waals surface area (Å²) in [5.74, 6) is 1.17. The highest BCUT2D eigenvalue weighted by Crippen LogP contribution is 2.36. The lowest BCUT2D eigenvalue weighted by atomic mass is 9.75. The third-order valence-electron chi connectivity index (χ3n) is 10.3. The SMILES string of the molecule is CCC1(COCCCCCCOc2ccc(C(=O)Oc3ccc(C(=O)Oc4ccc(C(=O)OC5CC(C)CCC5C(C)C)cc4)cc3)cc2)COC1. The first-order valence-electron chi connectivity index (χ1n) is 18.9. The molecule has 5 rings (SSSR count). The Balaban J connectivity index is 0.989. The topological polar surface area (TPSA) is 107 Å². The zero-order valence-electron chi connectivity index (χ0n) is 31.1. The molecule has 0 bridgehead atoms. The number of carbonyl (C=O) groups is 3. The number of rotatable bonds is 18. The van der Waals surface area contributed by atoms with Crippen molar-refractivity contribution in [2.24, 2.45) is 23.2 Å². The van der Waals surface area contributed by atoms with Gasteiger partial charge < -0.3 is 28.4 Å². The van der Waals surface area contributed by atoms with Crippen molar-refractivity contribution in [2.75, 3.05) is 33.0 Å². The third kappa shape index (κ3) is 11.1. The van der Waals surface area contributed by atoms with Gasteiger partial charge in [0.05, 0.1) is 43.1 Å². The summed E-state index contributed by atoms with van der Waals surface area (Å²) in [6, 6.07) is 19.4. The standard InChI is InChI=1S/C43H54O9/c1-5-43(28-48-29-43)27-47-24-8-6-7-9-25-49-35-17-11-32(12-18-35)40(44)50-36-19-13-33(14-20-36)41(45)51-37-21-15-34(16-22-37)42(46)52-39-26-31(4)10-23-38(39)30(2)3/h11-22,30-31,38-39H,5-10,23-29H2,1-4H3. The number of ether oxygens (including phenoxy) is 6. The Morgan fingerprint density at radius 2 is 1.23 bits per heavy atom. The lowest BCUT2D eigenvalue weighted by Gasteiger charge is -2.40. The molecule has 0 aromatic heterocycles. The first kappa shape index (κ1) is 39.0. The van der Waals surface area contributed by atoms with Crippen LogP contribution in [0, 0.1) is 23.2 Å². The Morgan fingerprint density at radius 3 is 1.73 bits per heavy atom. The minimum absolute atomic E-state index is 0.0928. The van der Waals surface area contributed by atoms with E-state index in [-0.39, 0.29) is 23.1 Å². The first-order valence-corrected chi connectivity index (χ1v) is 18.9. The van der Waals surface area contributed by atoms with E-state index in [1.165, 1.54) is 12.1 Å². The van der Waals surface area contributed by atoms with E-state index >= 15 is 0 Å². The second-order valence-electron chi connectivity index (χ2n) is 14.8. The van der Waals surface area contributed by atoms with Crippen molar-refractivity contribution < 1.29 is 42.8 Å². The van der Waals surface area contributed by atoms with Gasteiger partial charge in [-0.3, -0.25) is 0 Å². The monoisotopic (exact) mass is 714 g/mol. The molecule has 1 saturated carbocycles. The zero-order valence-corrected chi connectivity index (χ0v) is 31.1. The van der Waals surface area contributed by atoms with Gasteiger partial charge in [0, 0.05) is 12.0 Å². The van der Waals surface area contributed by atoms with E-state index in [1.54, 1.807) is 60.7 Å². The van der Waals surface area contributed by atoms with E-state index in [9.17, 15) is 14.4 Å². The molecule has 52 heavy (non-hydrogen) atoms. The summed E-state index contributed by atoms with van der Waals surface area (Å²) >= 11 is 0. The summed E-state index contributed by atoms with van der Waals surface area (Å²) in [6.45, 7) is 12.6. The third-order valence-corrected chi connectivity index (χ3v) is 10.3. The van der Waals surface area contributed by atoms with Gasteiger partial charge in [-0.15, -0.1) is 0 Å². The predicted octanol–water partition coefficient (Wildman–Crippen LogP) is 9.13. The van der Waals surface area contributed by atoms with Crippen molar-refractivity contribution in [1.82, 2.24) is 0 Å². The quantitative estimate of drug-likeness (QED) is 0.0725. The maximum atomic E-state index is 12.9. The molecule has 3 unspecified atom stereocenters. The van der Waals surface area contributed by atoms with Crippen LogP contribution in [0.1, 0.15) is 110 Å². The number of benzene rings is 3. The van der Waals surface area contributed by atoms with Gasteiger partial charge in [0.2, 0.25) is 0 Å². The maximum absolute atomic E-state index is 12.9. The van der Waals surface area contributed by atoms with Crippen LogP contribution in [0.15, 0.2) is 72.8 Å². The number of hydrogen-bond acceptors (Lipinski definition) is 9. The molecule has 1 heterocycles. The average Bonchev–Trinajstić information content (AvgIpc) is 3.12. The van der Waals surface area contributed by atoms with Gasteiger partial charge in [0.1, 0.15) is 23.4 Å². The minimum atomic E-state index is -0.575. The Labute approximate surface area is 308 Å². The lowest BCUT2D eigenvalue weighted by molar-refractivity contribution is -0.150. The molecule has 1 aliphatic carbocycles. The van der Waals surface area contributed by atoms with Crippen LogP contribution in [0.2, 0.25) is 0 Å². The molecular formula is C43H54O9. The summed E-state index contributed by atoms with van der Waals surface area (Å²) in [7, 11) is 0. The van der Waals surface area contributed by atoms with Crippen molar-refractivity contribution in [3.63, 3.8) is 0 Å². The van der Waals surface area contributed by atoms with E-state index in [0.717, 1.165) is 77.8 Å². The highest BCUT2D eigenvalue weighted by Gasteiger charge is 2.37. The van der Waals surface area contributed by atoms with Crippen LogP contribution in [0.5, 0.6) is 17.2 Å². The second-order valence-corrected chi connectivity index (χ2v) is 14.8. The van der Waals surface area contributed by atoms with Crippen molar-refractivity contribution >= 4 is 17.9 Å². The second kappa shape index (κ2) is 19.0. The van der Waals surface area contributed by atoms with Crippen LogP contribution in [0.25, 0.3) is 0 Å². The van der Waals surface area contributed by atoms with Crippen LogP contribution in [0.4, 0.5) is 0 Å². The summed E-state index contributed by atoms with van der Waals surface area (Å²) in [6.07, 6.45) is 8.25. The van der Waals surface area contributed by atoms with Crippen molar-refractivity contribution in [3.05, 3.63) is 89.5 Å². The van der Waals surface area contributed by atoms with Crippen LogP contribution in [-0.2, 0) is 14.2 Å².